The molecule has 0 amide bonds. The highest BCUT2D eigenvalue weighted by Gasteiger charge is 2.39. The molecule has 82 valence electrons. The van der Waals surface area contributed by atoms with Gasteiger partial charge in [-0.2, -0.15) is 0 Å². The molecule has 0 spiro atoms. The Morgan fingerprint density at radius 2 is 2.36 bits per heavy atom. The maximum Gasteiger partial charge on any atom is 0.329 e. The van der Waals surface area contributed by atoms with Gasteiger partial charge in [-0.05, 0) is 0 Å². The van der Waals surface area contributed by atoms with Gasteiger partial charge in [0.1, 0.15) is 13.2 Å². The zero-order chi connectivity index (χ0) is 10.6. The first-order valence-corrected chi connectivity index (χ1v) is 4.48. The van der Waals surface area contributed by atoms with E-state index in [0.29, 0.717) is 6.54 Å². The molecule has 0 radical (unpaired) electrons. The van der Waals surface area contributed by atoms with E-state index in [1.54, 1.807) is 0 Å². The van der Waals surface area contributed by atoms with E-state index in [1.165, 1.54) is 5.32 Å². The molecule has 1 rings (SSSR count). The number of nitrogens with two attached hydrogens (primary N) is 1. The van der Waals surface area contributed by atoms with Gasteiger partial charge in [0.25, 0.3) is 5.92 Å². The summed E-state index contributed by atoms with van der Waals surface area (Å²) >= 11 is 0. The number of carboxylic acid groups (broad SMARTS) is 1. The van der Waals surface area contributed by atoms with E-state index in [4.69, 9.17) is 9.84 Å². The first-order chi connectivity index (χ1) is 6.49. The van der Waals surface area contributed by atoms with Gasteiger partial charge in [0.05, 0.1) is 13.2 Å². The van der Waals surface area contributed by atoms with E-state index >= 15 is 0 Å². The average Bonchev–Trinajstić information content (AvgIpc) is 2.01. The summed E-state index contributed by atoms with van der Waals surface area (Å²) in [5.74, 6) is -3.97. The second-order valence-electron chi connectivity index (χ2n) is 3.56. The predicted molar refractivity (Wildman–Crippen MR) is 43.2 cm³/mol. The summed E-state index contributed by atoms with van der Waals surface area (Å²) in [6.45, 7) is 0.0814. The van der Waals surface area contributed by atoms with Gasteiger partial charge in [0.15, 0.2) is 0 Å². The second-order valence-corrected chi connectivity index (χ2v) is 3.56. The molecule has 1 unspecified atom stereocenters. The standard InChI is InChI=1S/C8H13F2NO3/c9-8(10)1-6(2-11-5-8)3-14-4-7(12)13/h6,11H,1-5H2,(H,12,13)/p+1. The number of rotatable bonds is 4. The summed E-state index contributed by atoms with van der Waals surface area (Å²) in [6.07, 6.45) is -0.205. The fourth-order valence-corrected chi connectivity index (χ4v) is 1.56. The van der Waals surface area contributed by atoms with Gasteiger partial charge in [-0.15, -0.1) is 0 Å². The number of quaternary nitrogens is 1. The monoisotopic (exact) mass is 210 g/mol. The first kappa shape index (κ1) is 11.3. The molecule has 1 atom stereocenters. The fraction of sp³-hybridized carbons (Fsp3) is 0.875. The van der Waals surface area contributed by atoms with Crippen molar-refractivity contribution >= 4 is 5.97 Å². The number of carboxylic acids is 1. The minimum absolute atomic E-state index is 0.0956. The Bertz CT molecular complexity index is 211. The number of halogens is 2. The predicted octanol–water partition coefficient (Wildman–Crippen LogP) is -0.694. The molecular formula is C8H14F2NO3+. The molecule has 0 saturated carbocycles. The van der Waals surface area contributed by atoms with Gasteiger partial charge in [-0.1, -0.05) is 0 Å². The Balaban J connectivity index is 2.21. The van der Waals surface area contributed by atoms with Crippen LogP contribution in [0.3, 0.4) is 0 Å². The van der Waals surface area contributed by atoms with E-state index < -0.39 is 18.5 Å². The largest absolute Gasteiger partial charge is 0.480 e. The fourth-order valence-electron chi connectivity index (χ4n) is 1.56. The Labute approximate surface area is 80.2 Å². The Morgan fingerprint density at radius 1 is 1.64 bits per heavy atom. The number of piperidine rings is 1. The summed E-state index contributed by atoms with van der Waals surface area (Å²) in [4.78, 5) is 10.1. The van der Waals surface area contributed by atoms with Crippen molar-refractivity contribution < 1.29 is 28.7 Å². The molecule has 1 saturated heterocycles. The number of aliphatic carboxylic acids is 1. The molecule has 0 aromatic heterocycles. The van der Waals surface area contributed by atoms with Crippen LogP contribution in [-0.2, 0) is 9.53 Å². The van der Waals surface area contributed by atoms with Crippen LogP contribution in [0.15, 0.2) is 0 Å². The SMILES string of the molecule is O=C(O)COCC1C[NH2+]CC(F)(F)C1. The van der Waals surface area contributed by atoms with Crippen LogP contribution in [0, 0.1) is 5.92 Å². The number of hydrogen-bond donors (Lipinski definition) is 2. The topological polar surface area (TPSA) is 63.1 Å². The quantitative estimate of drug-likeness (QED) is 0.645. The molecule has 0 aromatic carbocycles. The molecule has 1 aliphatic rings. The van der Waals surface area contributed by atoms with Crippen LogP contribution in [-0.4, -0.2) is 43.3 Å². The number of hydrogen-bond acceptors (Lipinski definition) is 2. The van der Waals surface area contributed by atoms with Crippen LogP contribution in [0.25, 0.3) is 0 Å². The van der Waals surface area contributed by atoms with Gasteiger partial charge in [0.2, 0.25) is 0 Å². The van der Waals surface area contributed by atoms with Crippen molar-refractivity contribution in [2.45, 2.75) is 12.3 Å². The number of ether oxygens (including phenoxy) is 1. The average molecular weight is 210 g/mol. The molecular weight excluding hydrogens is 196 g/mol. The highest BCUT2D eigenvalue weighted by molar-refractivity contribution is 5.67. The van der Waals surface area contributed by atoms with E-state index in [0.717, 1.165) is 0 Å². The molecule has 6 heteroatoms. The first-order valence-electron chi connectivity index (χ1n) is 4.48. The lowest BCUT2D eigenvalue weighted by molar-refractivity contribution is -0.687. The van der Waals surface area contributed by atoms with Crippen LogP contribution < -0.4 is 5.32 Å². The molecule has 1 aliphatic heterocycles. The van der Waals surface area contributed by atoms with Crippen LogP contribution in [0.4, 0.5) is 8.78 Å². The summed E-state index contributed by atoms with van der Waals surface area (Å²) < 4.78 is 30.4. The minimum Gasteiger partial charge on any atom is -0.480 e. The highest BCUT2D eigenvalue weighted by atomic mass is 19.3. The van der Waals surface area contributed by atoms with Gasteiger partial charge in [-0.3, -0.25) is 0 Å². The van der Waals surface area contributed by atoms with Crippen LogP contribution in [0.1, 0.15) is 6.42 Å². The lowest BCUT2D eigenvalue weighted by Gasteiger charge is -2.26. The van der Waals surface area contributed by atoms with E-state index in [9.17, 15) is 13.6 Å². The van der Waals surface area contributed by atoms with Crippen molar-refractivity contribution in [3.8, 4) is 0 Å². The molecule has 3 N–H and O–H groups in total. The normalized spacial score (nSPS) is 26.0. The number of carbonyl (C=O) groups is 1. The molecule has 14 heavy (non-hydrogen) atoms. The summed E-state index contributed by atoms with van der Waals surface area (Å²) in [7, 11) is 0. The van der Waals surface area contributed by atoms with E-state index in [1.807, 2.05) is 0 Å². The van der Waals surface area contributed by atoms with Gasteiger partial charge in [0, 0.05) is 12.3 Å². The summed E-state index contributed by atoms with van der Waals surface area (Å²) in [5.41, 5.74) is 0. The minimum atomic E-state index is -2.64. The maximum absolute atomic E-state index is 12.8. The van der Waals surface area contributed by atoms with Crippen LogP contribution in [0.5, 0.6) is 0 Å². The second kappa shape index (κ2) is 4.65. The smallest absolute Gasteiger partial charge is 0.329 e. The van der Waals surface area contributed by atoms with Crippen molar-refractivity contribution in [1.82, 2.24) is 0 Å². The van der Waals surface area contributed by atoms with E-state index in [-0.39, 0.29) is 25.5 Å². The van der Waals surface area contributed by atoms with Crippen LogP contribution >= 0.6 is 0 Å². The molecule has 1 heterocycles. The lowest BCUT2D eigenvalue weighted by Crippen LogP contribution is -2.91. The highest BCUT2D eigenvalue weighted by Crippen LogP contribution is 2.23. The Morgan fingerprint density at radius 3 is 2.93 bits per heavy atom. The van der Waals surface area contributed by atoms with Crippen molar-refractivity contribution in [3.63, 3.8) is 0 Å². The Kier molecular flexibility index (Phi) is 3.77. The van der Waals surface area contributed by atoms with E-state index in [2.05, 4.69) is 0 Å². The lowest BCUT2D eigenvalue weighted by atomic mass is 9.98. The van der Waals surface area contributed by atoms with Crippen molar-refractivity contribution in [2.24, 2.45) is 5.92 Å². The molecule has 4 nitrogen and oxygen atoms in total. The van der Waals surface area contributed by atoms with Crippen molar-refractivity contribution in [1.29, 1.82) is 0 Å². The molecule has 0 aliphatic carbocycles. The zero-order valence-electron chi connectivity index (χ0n) is 7.71. The van der Waals surface area contributed by atoms with Crippen LogP contribution in [0.2, 0.25) is 0 Å². The summed E-state index contributed by atoms with van der Waals surface area (Å²) in [5, 5.41) is 9.80. The van der Waals surface area contributed by atoms with Gasteiger partial charge < -0.3 is 15.2 Å². The molecule has 0 aromatic rings. The van der Waals surface area contributed by atoms with Crippen molar-refractivity contribution in [3.05, 3.63) is 0 Å². The third-order valence-corrected chi connectivity index (χ3v) is 2.11. The molecule has 0 bridgehead atoms. The third-order valence-electron chi connectivity index (χ3n) is 2.11. The zero-order valence-corrected chi connectivity index (χ0v) is 7.71. The number of alkyl halides is 2. The third kappa shape index (κ3) is 3.97. The summed E-state index contributed by atoms with van der Waals surface area (Å²) in [6, 6.07) is 0. The molecule has 1 fully saturated rings. The van der Waals surface area contributed by atoms with Gasteiger partial charge in [-0.25, -0.2) is 13.6 Å². The van der Waals surface area contributed by atoms with Gasteiger partial charge >= 0.3 is 5.97 Å². The van der Waals surface area contributed by atoms with Crippen molar-refractivity contribution in [2.75, 3.05) is 26.3 Å². The maximum atomic E-state index is 12.8. The Hall–Kier alpha value is -0.750.